The first kappa shape index (κ1) is 12.7. The molecule has 1 unspecified atom stereocenters. The topological polar surface area (TPSA) is 59.1 Å². The Morgan fingerprint density at radius 2 is 2.00 bits per heavy atom. The van der Waals surface area contributed by atoms with Crippen LogP contribution >= 0.6 is 0 Å². The molecule has 0 saturated carbocycles. The molecule has 1 atom stereocenters. The molecule has 4 nitrogen and oxygen atoms in total. The first-order valence-electron chi connectivity index (χ1n) is 6.18. The highest BCUT2D eigenvalue weighted by Crippen LogP contribution is 2.26. The van der Waals surface area contributed by atoms with Crippen LogP contribution in [0.1, 0.15) is 50.8 Å². The minimum Gasteiger partial charge on any atom is -0.296 e. The van der Waals surface area contributed by atoms with Crippen molar-refractivity contribution in [3.63, 3.8) is 0 Å². The van der Waals surface area contributed by atoms with Gasteiger partial charge in [-0.15, -0.1) is 0 Å². The first-order chi connectivity index (χ1) is 8.38. The van der Waals surface area contributed by atoms with Crippen LogP contribution in [0.2, 0.25) is 0 Å². The molecule has 1 N–H and O–H groups in total. The second-order valence-electron chi connectivity index (χ2n) is 5.73. The van der Waals surface area contributed by atoms with Crippen molar-refractivity contribution in [1.29, 1.82) is 0 Å². The van der Waals surface area contributed by atoms with Crippen molar-refractivity contribution in [2.45, 2.75) is 44.9 Å². The molecule has 1 aliphatic rings. The van der Waals surface area contributed by atoms with E-state index < -0.39 is 0 Å². The predicted octanol–water partition coefficient (Wildman–Crippen LogP) is 1.90. The molecule has 0 bridgehead atoms. The van der Waals surface area contributed by atoms with Crippen LogP contribution in [0.15, 0.2) is 18.3 Å². The number of hydrogen-bond donors (Lipinski definition) is 1. The van der Waals surface area contributed by atoms with Crippen molar-refractivity contribution in [2.24, 2.45) is 0 Å². The van der Waals surface area contributed by atoms with Gasteiger partial charge >= 0.3 is 0 Å². The van der Waals surface area contributed by atoms with Crippen LogP contribution < -0.4 is 5.32 Å². The lowest BCUT2D eigenvalue weighted by atomic mass is 9.87. The van der Waals surface area contributed by atoms with Gasteiger partial charge in [-0.05, 0) is 23.5 Å². The molecule has 1 aliphatic heterocycles. The summed E-state index contributed by atoms with van der Waals surface area (Å²) in [6.07, 6.45) is 2.75. The molecule has 1 aromatic heterocycles. The van der Waals surface area contributed by atoms with Gasteiger partial charge in [0.05, 0.1) is 11.6 Å². The van der Waals surface area contributed by atoms with Crippen molar-refractivity contribution in [2.75, 3.05) is 0 Å². The minimum atomic E-state index is -0.295. The normalized spacial score (nSPS) is 20.7. The third kappa shape index (κ3) is 2.58. The Bertz CT molecular complexity index is 472. The molecule has 1 saturated heterocycles. The average Bonchev–Trinajstić information content (AvgIpc) is 2.28. The number of imide groups is 1. The molecular weight excluding hydrogens is 228 g/mol. The maximum atomic E-state index is 11.7. The number of pyridine rings is 1. The van der Waals surface area contributed by atoms with Crippen molar-refractivity contribution in [3.05, 3.63) is 29.6 Å². The van der Waals surface area contributed by atoms with E-state index in [0.717, 1.165) is 11.3 Å². The van der Waals surface area contributed by atoms with E-state index in [2.05, 4.69) is 31.1 Å². The quantitative estimate of drug-likeness (QED) is 0.770. The Balaban J connectivity index is 2.20. The molecule has 1 aromatic rings. The number of piperidine rings is 1. The van der Waals surface area contributed by atoms with Gasteiger partial charge in [-0.3, -0.25) is 19.9 Å². The van der Waals surface area contributed by atoms with Gasteiger partial charge in [0.25, 0.3) is 0 Å². The van der Waals surface area contributed by atoms with Gasteiger partial charge in [0.1, 0.15) is 0 Å². The van der Waals surface area contributed by atoms with Gasteiger partial charge in [-0.2, -0.15) is 0 Å². The Labute approximate surface area is 107 Å². The summed E-state index contributed by atoms with van der Waals surface area (Å²) in [4.78, 5) is 27.2. The molecule has 1 fully saturated rings. The number of nitrogens with one attached hydrogen (secondary N) is 1. The summed E-state index contributed by atoms with van der Waals surface area (Å²) in [7, 11) is 0. The molecule has 0 radical (unpaired) electrons. The molecule has 4 heteroatoms. The zero-order chi connectivity index (χ0) is 13.3. The van der Waals surface area contributed by atoms with E-state index in [1.54, 1.807) is 0 Å². The molecule has 0 aromatic carbocycles. The van der Waals surface area contributed by atoms with Crippen LogP contribution in [0.25, 0.3) is 0 Å². The number of carbonyl (C=O) groups is 2. The molecule has 18 heavy (non-hydrogen) atoms. The number of rotatable bonds is 1. The minimum absolute atomic E-state index is 0.0519. The van der Waals surface area contributed by atoms with Crippen LogP contribution in [0.4, 0.5) is 0 Å². The lowest BCUT2D eigenvalue weighted by Gasteiger charge is -2.22. The standard InChI is InChI=1S/C14H18N2O2/c1-14(2,3)9-4-6-11(15-8-9)10-5-7-12(17)16-13(10)18/h4,6,8,10H,5,7H2,1-3H3,(H,16,17,18). The van der Waals surface area contributed by atoms with Crippen LogP contribution in [0, 0.1) is 0 Å². The van der Waals surface area contributed by atoms with E-state index in [-0.39, 0.29) is 23.1 Å². The van der Waals surface area contributed by atoms with E-state index in [1.807, 2.05) is 18.3 Å². The highest BCUT2D eigenvalue weighted by atomic mass is 16.2. The van der Waals surface area contributed by atoms with E-state index in [9.17, 15) is 9.59 Å². The summed E-state index contributed by atoms with van der Waals surface area (Å²) in [6.45, 7) is 6.36. The zero-order valence-corrected chi connectivity index (χ0v) is 11.0. The molecule has 0 spiro atoms. The highest BCUT2D eigenvalue weighted by molar-refractivity contribution is 6.00. The molecule has 2 amide bonds. The fourth-order valence-corrected chi connectivity index (χ4v) is 2.03. The molecule has 96 valence electrons. The van der Waals surface area contributed by atoms with E-state index in [4.69, 9.17) is 0 Å². The number of hydrogen-bond acceptors (Lipinski definition) is 3. The average molecular weight is 246 g/mol. The van der Waals surface area contributed by atoms with Gasteiger partial charge in [0.15, 0.2) is 0 Å². The number of amides is 2. The lowest BCUT2D eigenvalue weighted by Crippen LogP contribution is -2.39. The number of nitrogens with zero attached hydrogens (tertiary/aromatic N) is 1. The largest absolute Gasteiger partial charge is 0.296 e. The fraction of sp³-hybridized carbons (Fsp3) is 0.500. The van der Waals surface area contributed by atoms with Crippen LogP contribution in [-0.4, -0.2) is 16.8 Å². The summed E-state index contributed by atoms with van der Waals surface area (Å²) in [6, 6.07) is 3.90. The zero-order valence-electron chi connectivity index (χ0n) is 11.0. The van der Waals surface area contributed by atoms with Crippen molar-refractivity contribution in [3.8, 4) is 0 Å². The van der Waals surface area contributed by atoms with Crippen molar-refractivity contribution in [1.82, 2.24) is 10.3 Å². The second-order valence-corrected chi connectivity index (χ2v) is 5.73. The molecular formula is C14H18N2O2. The Kier molecular flexibility index (Phi) is 3.20. The smallest absolute Gasteiger partial charge is 0.235 e. The van der Waals surface area contributed by atoms with E-state index in [0.29, 0.717) is 12.8 Å². The Hall–Kier alpha value is -1.71. The summed E-state index contributed by atoms with van der Waals surface area (Å²) < 4.78 is 0. The second kappa shape index (κ2) is 4.52. The maximum Gasteiger partial charge on any atom is 0.235 e. The monoisotopic (exact) mass is 246 g/mol. The summed E-state index contributed by atoms with van der Waals surface area (Å²) in [5, 5.41) is 2.35. The van der Waals surface area contributed by atoms with Crippen LogP contribution in [-0.2, 0) is 15.0 Å². The van der Waals surface area contributed by atoms with Gasteiger partial charge in [0.2, 0.25) is 11.8 Å². The Morgan fingerprint density at radius 3 is 2.50 bits per heavy atom. The van der Waals surface area contributed by atoms with Gasteiger partial charge in [0, 0.05) is 12.6 Å². The summed E-state index contributed by atoms with van der Waals surface area (Å²) >= 11 is 0. The van der Waals surface area contributed by atoms with Gasteiger partial charge in [-0.25, -0.2) is 0 Å². The van der Waals surface area contributed by atoms with E-state index in [1.165, 1.54) is 0 Å². The fourth-order valence-electron chi connectivity index (χ4n) is 2.03. The molecule has 2 rings (SSSR count). The van der Waals surface area contributed by atoms with Gasteiger partial charge < -0.3 is 0 Å². The van der Waals surface area contributed by atoms with Gasteiger partial charge in [-0.1, -0.05) is 26.8 Å². The lowest BCUT2D eigenvalue weighted by molar-refractivity contribution is -0.134. The van der Waals surface area contributed by atoms with Crippen LogP contribution in [0.3, 0.4) is 0 Å². The van der Waals surface area contributed by atoms with Crippen molar-refractivity contribution >= 4 is 11.8 Å². The SMILES string of the molecule is CC(C)(C)c1ccc(C2CCC(=O)NC2=O)nc1. The number of aromatic nitrogens is 1. The third-order valence-corrected chi connectivity index (χ3v) is 3.25. The third-order valence-electron chi connectivity index (χ3n) is 3.25. The predicted molar refractivity (Wildman–Crippen MR) is 68.1 cm³/mol. The van der Waals surface area contributed by atoms with Crippen LogP contribution in [0.5, 0.6) is 0 Å². The summed E-state index contributed by atoms with van der Waals surface area (Å²) in [5.41, 5.74) is 1.93. The Morgan fingerprint density at radius 1 is 1.28 bits per heavy atom. The maximum absolute atomic E-state index is 11.7. The highest BCUT2D eigenvalue weighted by Gasteiger charge is 2.29. The molecule has 0 aliphatic carbocycles. The van der Waals surface area contributed by atoms with E-state index >= 15 is 0 Å². The molecule has 2 heterocycles. The number of carbonyl (C=O) groups excluding carboxylic acids is 2. The first-order valence-corrected chi connectivity index (χ1v) is 6.18. The van der Waals surface area contributed by atoms with Crippen molar-refractivity contribution < 1.29 is 9.59 Å². The summed E-state index contributed by atoms with van der Waals surface area (Å²) in [5.74, 6) is -0.721.